The molecule has 1 aliphatic heterocycles. The van der Waals surface area contributed by atoms with Gasteiger partial charge in [0.25, 0.3) is 0 Å². The normalized spacial score (nSPS) is 17.8. The molecule has 1 aromatic carbocycles. The molecular weight excluding hydrogens is 304 g/mol. The third-order valence-corrected chi connectivity index (χ3v) is 4.48. The van der Waals surface area contributed by atoms with Crippen LogP contribution in [0.4, 0.5) is 0 Å². The summed E-state index contributed by atoms with van der Waals surface area (Å²) in [5.41, 5.74) is 0.745. The topological polar surface area (TPSA) is 58.6 Å². The van der Waals surface area contributed by atoms with Crippen LogP contribution in [0.3, 0.4) is 0 Å². The zero-order valence-corrected chi connectivity index (χ0v) is 13.6. The van der Waals surface area contributed by atoms with Gasteiger partial charge in [0, 0.05) is 31.1 Å². The first-order valence-corrected chi connectivity index (χ1v) is 7.74. The molecule has 120 valence electrons. The number of likely N-dealkylation sites (tertiary alicyclic amines) is 1. The Balaban J connectivity index is 2.17. The Morgan fingerprint density at radius 1 is 1.32 bits per heavy atom. The van der Waals surface area contributed by atoms with Crippen LogP contribution in [0.5, 0.6) is 0 Å². The van der Waals surface area contributed by atoms with Crippen LogP contribution in [0.1, 0.15) is 24.4 Å². The second kappa shape index (κ2) is 7.61. The van der Waals surface area contributed by atoms with Gasteiger partial charge in [-0.2, -0.15) is 0 Å². The number of hydrogen-bond donors (Lipinski definition) is 1. The van der Waals surface area contributed by atoms with Crippen LogP contribution in [0.15, 0.2) is 24.3 Å². The van der Waals surface area contributed by atoms with Gasteiger partial charge in [-0.25, -0.2) is 4.79 Å². The van der Waals surface area contributed by atoms with Crippen molar-refractivity contribution < 1.29 is 14.3 Å². The number of amides is 1. The lowest BCUT2D eigenvalue weighted by Crippen LogP contribution is -2.43. The zero-order valence-electron chi connectivity index (χ0n) is 12.8. The van der Waals surface area contributed by atoms with E-state index < -0.39 is 6.04 Å². The van der Waals surface area contributed by atoms with Crippen LogP contribution in [-0.4, -0.2) is 44.0 Å². The van der Waals surface area contributed by atoms with Crippen LogP contribution < -0.4 is 5.32 Å². The lowest BCUT2D eigenvalue weighted by molar-refractivity contribution is -0.148. The average molecular weight is 325 g/mol. The number of carbonyl (C=O) groups is 2. The van der Waals surface area contributed by atoms with Gasteiger partial charge < -0.3 is 10.1 Å². The smallest absolute Gasteiger partial charge is 0.327 e. The monoisotopic (exact) mass is 324 g/mol. The first-order chi connectivity index (χ1) is 10.6. The fourth-order valence-electron chi connectivity index (χ4n) is 2.91. The molecule has 1 fully saturated rings. The fraction of sp³-hybridized carbons (Fsp3) is 0.500. The summed E-state index contributed by atoms with van der Waals surface area (Å²) in [6.07, 6.45) is 1.44. The quantitative estimate of drug-likeness (QED) is 0.861. The number of benzene rings is 1. The Morgan fingerprint density at radius 2 is 1.95 bits per heavy atom. The molecule has 1 amide bonds. The summed E-state index contributed by atoms with van der Waals surface area (Å²) in [6.45, 7) is 1.31. The molecule has 0 bridgehead atoms. The first kappa shape index (κ1) is 16.8. The molecule has 0 saturated carbocycles. The van der Waals surface area contributed by atoms with Crippen molar-refractivity contribution >= 4 is 23.5 Å². The molecule has 1 aliphatic rings. The predicted octanol–water partition coefficient (Wildman–Crippen LogP) is 2.01. The average Bonchev–Trinajstić information content (AvgIpc) is 2.56. The highest BCUT2D eigenvalue weighted by Gasteiger charge is 2.34. The van der Waals surface area contributed by atoms with E-state index in [2.05, 4.69) is 5.32 Å². The third kappa shape index (κ3) is 3.59. The van der Waals surface area contributed by atoms with Crippen LogP contribution in [0.2, 0.25) is 5.02 Å². The van der Waals surface area contributed by atoms with Crippen LogP contribution in [0.25, 0.3) is 0 Å². The van der Waals surface area contributed by atoms with Gasteiger partial charge in [0.15, 0.2) is 0 Å². The molecule has 5 nitrogen and oxygen atoms in total. The molecule has 1 aromatic rings. The molecule has 2 rings (SSSR count). The molecular formula is C16H21ClN2O3. The van der Waals surface area contributed by atoms with E-state index in [1.165, 1.54) is 7.11 Å². The Hall–Kier alpha value is -1.59. The highest BCUT2D eigenvalue weighted by atomic mass is 35.5. The summed E-state index contributed by atoms with van der Waals surface area (Å²) < 4.78 is 4.95. The predicted molar refractivity (Wildman–Crippen MR) is 84.6 cm³/mol. The number of esters is 1. The van der Waals surface area contributed by atoms with E-state index in [0.29, 0.717) is 18.1 Å². The number of rotatable bonds is 4. The van der Waals surface area contributed by atoms with Crippen molar-refractivity contribution in [3.63, 3.8) is 0 Å². The highest BCUT2D eigenvalue weighted by molar-refractivity contribution is 6.31. The maximum Gasteiger partial charge on any atom is 0.327 e. The van der Waals surface area contributed by atoms with E-state index in [1.807, 2.05) is 23.1 Å². The third-order valence-electron chi connectivity index (χ3n) is 4.14. The SMILES string of the molecule is CNC(=O)C1CCN([C@@H](C(=O)OC)c2ccccc2Cl)CC1. The minimum Gasteiger partial charge on any atom is -0.468 e. The molecule has 0 aliphatic carbocycles. The van der Waals surface area contributed by atoms with Gasteiger partial charge in [-0.15, -0.1) is 0 Å². The maximum atomic E-state index is 12.2. The lowest BCUT2D eigenvalue weighted by Gasteiger charge is -2.36. The summed E-state index contributed by atoms with van der Waals surface area (Å²) in [6, 6.07) is 6.77. The number of ether oxygens (including phenoxy) is 1. The van der Waals surface area contributed by atoms with E-state index in [-0.39, 0.29) is 17.8 Å². The van der Waals surface area contributed by atoms with Gasteiger partial charge in [-0.05, 0) is 24.5 Å². The molecule has 1 saturated heterocycles. The van der Waals surface area contributed by atoms with Gasteiger partial charge in [0.2, 0.25) is 5.91 Å². The number of halogens is 1. The van der Waals surface area contributed by atoms with Gasteiger partial charge in [-0.1, -0.05) is 29.8 Å². The second-order valence-electron chi connectivity index (χ2n) is 5.37. The molecule has 1 heterocycles. The van der Waals surface area contributed by atoms with Crippen molar-refractivity contribution in [1.82, 2.24) is 10.2 Å². The molecule has 1 atom stereocenters. The van der Waals surface area contributed by atoms with E-state index >= 15 is 0 Å². The Kier molecular flexibility index (Phi) is 5.80. The minimum atomic E-state index is -0.524. The largest absolute Gasteiger partial charge is 0.468 e. The molecule has 22 heavy (non-hydrogen) atoms. The van der Waals surface area contributed by atoms with Crippen molar-refractivity contribution in [2.75, 3.05) is 27.2 Å². The summed E-state index contributed by atoms with van der Waals surface area (Å²) in [5, 5.41) is 3.23. The molecule has 0 aromatic heterocycles. The Bertz CT molecular complexity index is 542. The molecule has 6 heteroatoms. The van der Waals surface area contributed by atoms with Crippen LogP contribution in [-0.2, 0) is 14.3 Å². The lowest BCUT2D eigenvalue weighted by atomic mass is 9.93. The molecule has 0 spiro atoms. The highest BCUT2D eigenvalue weighted by Crippen LogP contribution is 2.31. The molecule has 0 unspecified atom stereocenters. The van der Waals surface area contributed by atoms with Crippen molar-refractivity contribution in [2.45, 2.75) is 18.9 Å². The van der Waals surface area contributed by atoms with Gasteiger partial charge >= 0.3 is 5.97 Å². The maximum absolute atomic E-state index is 12.2. The van der Waals surface area contributed by atoms with E-state index in [9.17, 15) is 9.59 Å². The molecule has 0 radical (unpaired) electrons. The summed E-state index contributed by atoms with van der Waals surface area (Å²) in [5.74, 6) is -0.260. The molecule has 1 N–H and O–H groups in total. The first-order valence-electron chi connectivity index (χ1n) is 7.36. The summed E-state index contributed by atoms with van der Waals surface area (Å²) in [4.78, 5) is 26.0. The van der Waals surface area contributed by atoms with Crippen LogP contribution >= 0.6 is 11.6 Å². The van der Waals surface area contributed by atoms with Crippen LogP contribution in [0, 0.1) is 5.92 Å². The Morgan fingerprint density at radius 3 is 2.50 bits per heavy atom. The summed E-state index contributed by atoms with van der Waals surface area (Å²) >= 11 is 6.24. The van der Waals surface area contributed by atoms with Crippen molar-refractivity contribution in [3.8, 4) is 0 Å². The standard InChI is InChI=1S/C16H21ClN2O3/c1-18-15(20)11-7-9-19(10-8-11)14(16(21)22-2)12-5-3-4-6-13(12)17/h3-6,11,14H,7-10H2,1-2H3,(H,18,20)/t14-/m1/s1. The van der Waals surface area contributed by atoms with Gasteiger partial charge in [0.05, 0.1) is 7.11 Å². The van der Waals surface area contributed by atoms with Gasteiger partial charge in [-0.3, -0.25) is 9.69 Å². The number of methoxy groups -OCH3 is 1. The van der Waals surface area contributed by atoms with Gasteiger partial charge in [0.1, 0.15) is 6.04 Å². The fourth-order valence-corrected chi connectivity index (χ4v) is 3.14. The zero-order chi connectivity index (χ0) is 16.1. The van der Waals surface area contributed by atoms with Crippen molar-refractivity contribution in [2.24, 2.45) is 5.92 Å². The second-order valence-corrected chi connectivity index (χ2v) is 5.78. The summed E-state index contributed by atoms with van der Waals surface area (Å²) in [7, 11) is 3.03. The van der Waals surface area contributed by atoms with Crippen molar-refractivity contribution in [3.05, 3.63) is 34.9 Å². The minimum absolute atomic E-state index is 0.00536. The Labute approximate surface area is 135 Å². The number of hydrogen-bond acceptors (Lipinski definition) is 4. The number of carbonyl (C=O) groups excluding carboxylic acids is 2. The number of nitrogens with zero attached hydrogens (tertiary/aromatic N) is 1. The van der Waals surface area contributed by atoms with E-state index in [0.717, 1.165) is 18.4 Å². The van der Waals surface area contributed by atoms with E-state index in [4.69, 9.17) is 16.3 Å². The number of nitrogens with one attached hydrogen (secondary N) is 1. The number of piperidine rings is 1. The van der Waals surface area contributed by atoms with Crippen molar-refractivity contribution in [1.29, 1.82) is 0 Å². The van der Waals surface area contributed by atoms with E-state index in [1.54, 1.807) is 13.1 Å².